The molecule has 1 spiro atoms. The van der Waals surface area contributed by atoms with E-state index in [1.165, 1.54) is 50.0 Å². The number of aryl methyl sites for hydroxylation is 1. The Labute approximate surface area is 126 Å². The highest BCUT2D eigenvalue weighted by Crippen LogP contribution is 2.41. The third-order valence-electron chi connectivity index (χ3n) is 5.48. The maximum Gasteiger partial charge on any atom is 0.196 e. The van der Waals surface area contributed by atoms with Crippen LogP contribution in [0.3, 0.4) is 0 Å². The van der Waals surface area contributed by atoms with Crippen LogP contribution < -0.4 is 10.6 Å². The van der Waals surface area contributed by atoms with E-state index in [-0.39, 0.29) is 5.54 Å². The van der Waals surface area contributed by atoms with E-state index in [0.717, 1.165) is 12.6 Å². The van der Waals surface area contributed by atoms with Gasteiger partial charge in [-0.2, -0.15) is 0 Å². The Morgan fingerprint density at radius 1 is 1.33 bits per heavy atom. The van der Waals surface area contributed by atoms with Crippen molar-refractivity contribution in [2.75, 3.05) is 24.5 Å². The number of hydrogen-bond donors (Lipinski definition) is 1. The van der Waals surface area contributed by atoms with Crippen LogP contribution in [-0.4, -0.2) is 42.1 Å². The minimum absolute atomic E-state index is 0.114. The van der Waals surface area contributed by atoms with Gasteiger partial charge in [0, 0.05) is 18.3 Å². The molecule has 0 saturated carbocycles. The van der Waals surface area contributed by atoms with E-state index in [1.807, 2.05) is 0 Å². The largest absolute Gasteiger partial charge is 0.369 e. The van der Waals surface area contributed by atoms with Crippen LogP contribution in [0.15, 0.2) is 29.3 Å². The zero-order valence-electron chi connectivity index (χ0n) is 12.8. The highest BCUT2D eigenvalue weighted by molar-refractivity contribution is 5.98. The average Bonchev–Trinajstić information content (AvgIpc) is 3.04. The molecule has 2 atom stereocenters. The summed E-state index contributed by atoms with van der Waals surface area (Å²) in [7, 11) is 0. The highest BCUT2D eigenvalue weighted by Gasteiger charge is 2.49. The van der Waals surface area contributed by atoms with Gasteiger partial charge >= 0.3 is 0 Å². The zero-order valence-corrected chi connectivity index (χ0v) is 12.8. The van der Waals surface area contributed by atoms with E-state index in [1.54, 1.807) is 0 Å². The Morgan fingerprint density at radius 2 is 2.24 bits per heavy atom. The lowest BCUT2D eigenvalue weighted by molar-refractivity contribution is 0.140. The van der Waals surface area contributed by atoms with Crippen molar-refractivity contribution in [3.63, 3.8) is 0 Å². The molecule has 2 N–H and O–H groups in total. The summed E-state index contributed by atoms with van der Waals surface area (Å²) in [5.74, 6) is 0.701. The van der Waals surface area contributed by atoms with Crippen LogP contribution in [0.25, 0.3) is 0 Å². The van der Waals surface area contributed by atoms with Gasteiger partial charge in [0.2, 0.25) is 0 Å². The molecule has 2 fully saturated rings. The molecule has 3 heterocycles. The molecule has 1 aromatic rings. The van der Waals surface area contributed by atoms with Gasteiger partial charge in [0.25, 0.3) is 0 Å². The molecule has 2 saturated heterocycles. The van der Waals surface area contributed by atoms with Gasteiger partial charge in [-0.05, 0) is 56.8 Å². The van der Waals surface area contributed by atoms with Crippen molar-refractivity contribution in [2.24, 2.45) is 10.7 Å². The lowest BCUT2D eigenvalue weighted by atomic mass is 9.82. The van der Waals surface area contributed by atoms with Crippen LogP contribution in [0.5, 0.6) is 0 Å². The molecule has 3 aliphatic heterocycles. The fourth-order valence-corrected chi connectivity index (χ4v) is 4.45. The number of hydrogen-bond acceptors (Lipinski definition) is 4. The fraction of sp³-hybridized carbons (Fsp3) is 0.588. The van der Waals surface area contributed by atoms with Crippen LogP contribution in [0.4, 0.5) is 5.69 Å². The van der Waals surface area contributed by atoms with Crippen molar-refractivity contribution in [1.82, 2.24) is 4.90 Å². The quantitative estimate of drug-likeness (QED) is 0.859. The number of aliphatic imine (C=N–C) groups is 1. The van der Waals surface area contributed by atoms with E-state index >= 15 is 0 Å². The van der Waals surface area contributed by atoms with E-state index in [0.29, 0.717) is 5.96 Å². The monoisotopic (exact) mass is 284 g/mol. The molecule has 0 aromatic heterocycles. The van der Waals surface area contributed by atoms with Gasteiger partial charge in [0.15, 0.2) is 5.96 Å². The number of guanidine groups is 1. The van der Waals surface area contributed by atoms with Crippen LogP contribution in [0.2, 0.25) is 0 Å². The Morgan fingerprint density at radius 3 is 3.10 bits per heavy atom. The number of benzene rings is 1. The van der Waals surface area contributed by atoms with Crippen LogP contribution in [0, 0.1) is 6.92 Å². The summed E-state index contributed by atoms with van der Waals surface area (Å²) in [6.45, 7) is 5.47. The number of anilines is 1. The first-order valence-electron chi connectivity index (χ1n) is 8.09. The molecule has 4 nitrogen and oxygen atoms in total. The number of fused-ring (bicyclic) bond motifs is 1. The molecule has 112 valence electrons. The maximum atomic E-state index is 6.27. The highest BCUT2D eigenvalue weighted by atomic mass is 15.4. The average molecular weight is 284 g/mol. The van der Waals surface area contributed by atoms with E-state index in [4.69, 9.17) is 5.73 Å². The van der Waals surface area contributed by atoms with Crippen molar-refractivity contribution in [2.45, 2.75) is 44.2 Å². The van der Waals surface area contributed by atoms with Gasteiger partial charge in [0.1, 0.15) is 0 Å². The van der Waals surface area contributed by atoms with Gasteiger partial charge in [-0.1, -0.05) is 12.1 Å². The minimum Gasteiger partial charge on any atom is -0.369 e. The van der Waals surface area contributed by atoms with Gasteiger partial charge in [-0.3, -0.25) is 4.99 Å². The maximum absolute atomic E-state index is 6.27. The molecule has 0 amide bonds. The summed E-state index contributed by atoms with van der Waals surface area (Å²) in [5, 5.41) is 0. The SMILES string of the molecule is Cc1cccc(N2C(N)=NCC23CCN2CCCC2C3)c1. The summed E-state index contributed by atoms with van der Waals surface area (Å²) >= 11 is 0. The van der Waals surface area contributed by atoms with Gasteiger partial charge < -0.3 is 15.5 Å². The normalized spacial score (nSPS) is 32.5. The van der Waals surface area contributed by atoms with Crippen molar-refractivity contribution >= 4 is 11.6 Å². The molecule has 3 aliphatic rings. The number of piperidine rings is 1. The molecule has 4 heteroatoms. The summed E-state index contributed by atoms with van der Waals surface area (Å²) < 4.78 is 0. The second-order valence-electron chi connectivity index (χ2n) is 6.86. The predicted octanol–water partition coefficient (Wildman–Crippen LogP) is 2.13. The fourth-order valence-electron chi connectivity index (χ4n) is 4.45. The topological polar surface area (TPSA) is 44.9 Å². The Balaban J connectivity index is 1.68. The predicted molar refractivity (Wildman–Crippen MR) is 86.7 cm³/mol. The molecule has 21 heavy (non-hydrogen) atoms. The number of nitrogens with zero attached hydrogens (tertiary/aromatic N) is 3. The smallest absolute Gasteiger partial charge is 0.196 e. The molecule has 0 bridgehead atoms. The van der Waals surface area contributed by atoms with Crippen molar-refractivity contribution in [3.05, 3.63) is 29.8 Å². The number of rotatable bonds is 1. The number of nitrogens with two attached hydrogens (primary N) is 1. The zero-order chi connectivity index (χ0) is 14.4. The first kappa shape index (κ1) is 13.1. The van der Waals surface area contributed by atoms with Gasteiger partial charge in [-0.25, -0.2) is 0 Å². The summed E-state index contributed by atoms with van der Waals surface area (Å²) in [6.07, 6.45) is 5.05. The molecule has 2 unspecified atom stereocenters. The van der Waals surface area contributed by atoms with E-state index < -0.39 is 0 Å². The van der Waals surface area contributed by atoms with Crippen molar-refractivity contribution in [3.8, 4) is 0 Å². The Hall–Kier alpha value is -1.55. The third kappa shape index (κ3) is 2.04. The van der Waals surface area contributed by atoms with Gasteiger partial charge in [-0.15, -0.1) is 0 Å². The van der Waals surface area contributed by atoms with E-state index in [2.05, 4.69) is 46.0 Å². The first-order chi connectivity index (χ1) is 10.2. The summed E-state index contributed by atoms with van der Waals surface area (Å²) in [4.78, 5) is 9.61. The molecule has 1 aromatic carbocycles. The second-order valence-corrected chi connectivity index (χ2v) is 6.86. The minimum atomic E-state index is 0.114. The van der Waals surface area contributed by atoms with Crippen LogP contribution in [-0.2, 0) is 0 Å². The third-order valence-corrected chi connectivity index (χ3v) is 5.48. The second kappa shape index (κ2) is 4.73. The molecule has 0 radical (unpaired) electrons. The Bertz CT molecular complexity index is 582. The van der Waals surface area contributed by atoms with Crippen LogP contribution >= 0.6 is 0 Å². The van der Waals surface area contributed by atoms with Crippen molar-refractivity contribution in [1.29, 1.82) is 0 Å². The Kier molecular flexibility index (Phi) is 2.96. The van der Waals surface area contributed by atoms with Crippen LogP contribution in [0.1, 0.15) is 31.2 Å². The summed E-state index contributed by atoms with van der Waals surface area (Å²) in [6, 6.07) is 9.39. The van der Waals surface area contributed by atoms with E-state index in [9.17, 15) is 0 Å². The molecular weight excluding hydrogens is 260 g/mol. The van der Waals surface area contributed by atoms with Gasteiger partial charge in [0.05, 0.1) is 12.1 Å². The standard InChI is InChI=1S/C17H24N4/c1-13-4-2-5-14(10-13)21-16(18)19-12-17(21)7-9-20-8-3-6-15(20)11-17/h2,4-5,10,15H,3,6-9,11-12H2,1H3,(H2,18,19). The lowest BCUT2D eigenvalue weighted by Gasteiger charge is -2.47. The summed E-state index contributed by atoms with van der Waals surface area (Å²) in [5.41, 5.74) is 8.87. The first-order valence-corrected chi connectivity index (χ1v) is 8.09. The lowest BCUT2D eigenvalue weighted by Crippen LogP contribution is -2.59. The van der Waals surface area contributed by atoms with Crippen molar-refractivity contribution < 1.29 is 0 Å². The molecule has 0 aliphatic carbocycles. The molecular formula is C17H24N4. The molecule has 4 rings (SSSR count).